The van der Waals surface area contributed by atoms with Gasteiger partial charge in [0.15, 0.2) is 11.5 Å². The number of anilines is 2. The van der Waals surface area contributed by atoms with Crippen molar-refractivity contribution < 1.29 is 22.7 Å². The molecule has 0 fully saturated rings. The summed E-state index contributed by atoms with van der Waals surface area (Å²) >= 11 is 1.36. The summed E-state index contributed by atoms with van der Waals surface area (Å²) in [7, 11) is -0.748. The highest BCUT2D eigenvalue weighted by molar-refractivity contribution is 8.00. The molecule has 0 bridgehead atoms. The molecule has 1 amide bonds. The lowest BCUT2D eigenvalue weighted by atomic mass is 10.3. The SMILES string of the molecule is COc1ccc(S[C@@H](C)C(=O)Nc2ccc(S(=O)(=O)Nc3nccc(C)n3)cc2)cc1OC. The molecule has 33 heavy (non-hydrogen) atoms. The monoisotopic (exact) mass is 488 g/mol. The lowest BCUT2D eigenvalue weighted by Crippen LogP contribution is -2.22. The Bertz CT molecular complexity index is 1230. The van der Waals surface area contributed by atoms with Gasteiger partial charge in [-0.15, -0.1) is 11.8 Å². The first-order valence-electron chi connectivity index (χ1n) is 9.84. The number of rotatable bonds is 9. The molecule has 2 N–H and O–H groups in total. The fraction of sp³-hybridized carbons (Fsp3) is 0.227. The summed E-state index contributed by atoms with van der Waals surface area (Å²) in [6.45, 7) is 3.52. The number of nitrogens with zero attached hydrogens (tertiary/aromatic N) is 2. The van der Waals surface area contributed by atoms with Crippen LogP contribution in [0.3, 0.4) is 0 Å². The number of nitrogens with one attached hydrogen (secondary N) is 2. The molecule has 1 atom stereocenters. The fourth-order valence-corrected chi connectivity index (χ4v) is 4.63. The van der Waals surface area contributed by atoms with E-state index in [0.29, 0.717) is 22.9 Å². The van der Waals surface area contributed by atoms with E-state index in [2.05, 4.69) is 20.0 Å². The number of aromatic nitrogens is 2. The van der Waals surface area contributed by atoms with Gasteiger partial charge < -0.3 is 14.8 Å². The smallest absolute Gasteiger partial charge is 0.264 e. The second-order valence-corrected chi connectivity index (χ2v) is 10.0. The quantitative estimate of drug-likeness (QED) is 0.437. The van der Waals surface area contributed by atoms with Gasteiger partial charge in [-0.25, -0.2) is 23.1 Å². The number of ether oxygens (including phenoxy) is 2. The lowest BCUT2D eigenvalue weighted by Gasteiger charge is -2.14. The number of carbonyl (C=O) groups excluding carboxylic acids is 1. The maximum absolute atomic E-state index is 12.6. The van der Waals surface area contributed by atoms with E-state index < -0.39 is 15.3 Å². The van der Waals surface area contributed by atoms with Crippen molar-refractivity contribution in [3.8, 4) is 11.5 Å². The standard InChI is InChI=1S/C22H24N4O5S2/c1-14-11-12-23-22(24-14)26-33(28,29)18-8-5-16(6-9-18)25-21(27)15(2)32-17-7-10-19(30-3)20(13-17)31-4/h5-13,15H,1-4H3,(H,25,27)(H,23,24,26)/t15-/m0/s1. The van der Waals surface area contributed by atoms with Gasteiger partial charge in [0.05, 0.1) is 24.4 Å². The van der Waals surface area contributed by atoms with Crippen molar-refractivity contribution in [3.05, 3.63) is 60.4 Å². The van der Waals surface area contributed by atoms with Gasteiger partial charge in [-0.2, -0.15) is 0 Å². The molecule has 0 saturated heterocycles. The summed E-state index contributed by atoms with van der Waals surface area (Å²) < 4.78 is 38.0. The van der Waals surface area contributed by atoms with Crippen molar-refractivity contribution >= 4 is 39.3 Å². The molecule has 0 aliphatic rings. The maximum Gasteiger partial charge on any atom is 0.264 e. The number of aryl methyl sites for hydroxylation is 1. The summed E-state index contributed by atoms with van der Waals surface area (Å²) in [5, 5.41) is 2.38. The molecule has 3 rings (SSSR count). The topological polar surface area (TPSA) is 120 Å². The molecule has 0 saturated carbocycles. The molecule has 1 heterocycles. The molecular weight excluding hydrogens is 464 g/mol. The number of carbonyl (C=O) groups is 1. The zero-order valence-corrected chi connectivity index (χ0v) is 20.2. The highest BCUT2D eigenvalue weighted by Crippen LogP contribution is 2.33. The minimum absolute atomic E-state index is 0.00612. The fourth-order valence-electron chi connectivity index (χ4n) is 2.79. The van der Waals surface area contributed by atoms with Gasteiger partial charge in [0.1, 0.15) is 0 Å². The van der Waals surface area contributed by atoms with E-state index in [1.807, 2.05) is 6.07 Å². The van der Waals surface area contributed by atoms with Gasteiger partial charge in [-0.3, -0.25) is 4.79 Å². The molecule has 0 aliphatic heterocycles. The third-order valence-corrected chi connectivity index (χ3v) is 6.93. The minimum atomic E-state index is -3.86. The highest BCUT2D eigenvalue weighted by Gasteiger charge is 2.18. The maximum atomic E-state index is 12.6. The van der Waals surface area contributed by atoms with Crippen LogP contribution in [-0.4, -0.2) is 43.8 Å². The molecule has 9 nitrogen and oxygen atoms in total. The van der Waals surface area contributed by atoms with Crippen LogP contribution >= 0.6 is 11.8 Å². The second kappa shape index (κ2) is 10.5. The molecule has 0 radical (unpaired) electrons. The number of benzene rings is 2. The Morgan fingerprint density at radius 3 is 2.36 bits per heavy atom. The number of sulfonamides is 1. The highest BCUT2D eigenvalue weighted by atomic mass is 32.2. The zero-order valence-electron chi connectivity index (χ0n) is 18.5. The van der Waals surface area contributed by atoms with Crippen LogP contribution in [0.1, 0.15) is 12.6 Å². The first kappa shape index (κ1) is 24.3. The first-order chi connectivity index (χ1) is 15.7. The van der Waals surface area contributed by atoms with E-state index in [1.54, 1.807) is 46.3 Å². The minimum Gasteiger partial charge on any atom is -0.493 e. The van der Waals surface area contributed by atoms with Gasteiger partial charge >= 0.3 is 0 Å². The Hall–Kier alpha value is -3.31. The van der Waals surface area contributed by atoms with Gasteiger partial charge in [0, 0.05) is 22.5 Å². The molecule has 0 spiro atoms. The Balaban J connectivity index is 1.63. The van der Waals surface area contributed by atoms with Crippen molar-refractivity contribution in [1.82, 2.24) is 9.97 Å². The molecule has 174 valence electrons. The zero-order chi connectivity index (χ0) is 24.0. The average Bonchev–Trinajstić information content (AvgIpc) is 2.79. The summed E-state index contributed by atoms with van der Waals surface area (Å²) in [6.07, 6.45) is 1.47. The molecule has 3 aromatic rings. The first-order valence-corrected chi connectivity index (χ1v) is 12.2. The number of hydrogen-bond donors (Lipinski definition) is 2. The third kappa shape index (κ3) is 6.36. The largest absolute Gasteiger partial charge is 0.493 e. The van der Waals surface area contributed by atoms with Gasteiger partial charge in [0.2, 0.25) is 11.9 Å². The van der Waals surface area contributed by atoms with Crippen molar-refractivity contribution in [1.29, 1.82) is 0 Å². The number of methoxy groups -OCH3 is 2. The summed E-state index contributed by atoms with van der Waals surface area (Å²) in [6, 6.07) is 13.0. The van der Waals surface area contributed by atoms with Gasteiger partial charge in [-0.1, -0.05) is 0 Å². The van der Waals surface area contributed by atoms with Crippen LogP contribution in [0.5, 0.6) is 11.5 Å². The Kier molecular flexibility index (Phi) is 7.77. The van der Waals surface area contributed by atoms with E-state index in [1.165, 1.54) is 42.2 Å². The van der Waals surface area contributed by atoms with Crippen LogP contribution < -0.4 is 19.5 Å². The Morgan fingerprint density at radius 1 is 1.03 bits per heavy atom. The van der Waals surface area contributed by atoms with Crippen LogP contribution in [0.15, 0.2) is 64.5 Å². The molecule has 1 aromatic heterocycles. The predicted octanol–water partition coefficient (Wildman–Crippen LogP) is 3.72. The van der Waals surface area contributed by atoms with Crippen LogP contribution in [0, 0.1) is 6.92 Å². The second-order valence-electron chi connectivity index (χ2n) is 6.92. The Morgan fingerprint density at radius 2 is 1.73 bits per heavy atom. The van der Waals surface area contributed by atoms with E-state index in [9.17, 15) is 13.2 Å². The molecule has 0 aliphatic carbocycles. The normalized spacial score (nSPS) is 12.0. The van der Waals surface area contributed by atoms with Crippen molar-refractivity contribution in [3.63, 3.8) is 0 Å². The number of amides is 1. The van der Waals surface area contributed by atoms with Crippen LogP contribution in [0.2, 0.25) is 0 Å². The molecule has 0 unspecified atom stereocenters. The molecule has 2 aromatic carbocycles. The summed E-state index contributed by atoms with van der Waals surface area (Å²) in [5.74, 6) is 0.957. The van der Waals surface area contributed by atoms with E-state index in [0.717, 1.165) is 4.90 Å². The van der Waals surface area contributed by atoms with Crippen molar-refractivity contribution in [2.24, 2.45) is 0 Å². The molecular formula is C22H24N4O5S2. The Labute approximate surface area is 197 Å². The average molecular weight is 489 g/mol. The van der Waals surface area contributed by atoms with Crippen LogP contribution in [0.25, 0.3) is 0 Å². The number of hydrogen-bond acceptors (Lipinski definition) is 8. The number of thioether (sulfide) groups is 1. The summed E-state index contributed by atoms with van der Waals surface area (Å²) in [5.41, 5.74) is 1.12. The van der Waals surface area contributed by atoms with Crippen molar-refractivity contribution in [2.75, 3.05) is 24.3 Å². The van der Waals surface area contributed by atoms with E-state index >= 15 is 0 Å². The van der Waals surface area contributed by atoms with Crippen molar-refractivity contribution in [2.45, 2.75) is 28.9 Å². The van der Waals surface area contributed by atoms with Gasteiger partial charge in [-0.05, 0) is 62.4 Å². The van der Waals surface area contributed by atoms with Crippen LogP contribution in [-0.2, 0) is 14.8 Å². The summed E-state index contributed by atoms with van der Waals surface area (Å²) in [4.78, 5) is 21.4. The molecule has 11 heteroatoms. The van der Waals surface area contributed by atoms with E-state index in [4.69, 9.17) is 9.47 Å². The lowest BCUT2D eigenvalue weighted by molar-refractivity contribution is -0.115. The predicted molar refractivity (Wildman–Crippen MR) is 128 cm³/mol. The van der Waals surface area contributed by atoms with E-state index in [-0.39, 0.29) is 16.8 Å². The third-order valence-electron chi connectivity index (χ3n) is 4.49. The van der Waals surface area contributed by atoms with Crippen LogP contribution in [0.4, 0.5) is 11.6 Å². The van der Waals surface area contributed by atoms with Gasteiger partial charge in [0.25, 0.3) is 10.0 Å².